The van der Waals surface area contributed by atoms with Crippen molar-refractivity contribution in [2.45, 2.75) is 39.6 Å². The van der Waals surface area contributed by atoms with E-state index >= 15 is 0 Å². The van der Waals surface area contributed by atoms with Crippen LogP contribution in [0.5, 0.6) is 0 Å². The lowest BCUT2D eigenvalue weighted by Gasteiger charge is -2.22. The Balaban J connectivity index is 2.47. The molecule has 2 N–H and O–H groups in total. The van der Waals surface area contributed by atoms with Gasteiger partial charge in [-0.2, -0.15) is 0 Å². The number of rotatable bonds is 6. The van der Waals surface area contributed by atoms with Gasteiger partial charge in [0.1, 0.15) is 0 Å². The first-order chi connectivity index (χ1) is 8.41. The van der Waals surface area contributed by atoms with Crippen LogP contribution in [0.15, 0.2) is 24.3 Å². The van der Waals surface area contributed by atoms with E-state index in [4.69, 9.17) is 9.84 Å². The van der Waals surface area contributed by atoms with E-state index in [0.29, 0.717) is 6.61 Å². The number of aliphatic carboxylic acids is 1. The van der Waals surface area contributed by atoms with Gasteiger partial charge in [0.2, 0.25) is 0 Å². The van der Waals surface area contributed by atoms with Crippen LogP contribution < -0.4 is 0 Å². The zero-order chi connectivity index (χ0) is 13.7. The van der Waals surface area contributed by atoms with Gasteiger partial charge in [-0.1, -0.05) is 29.8 Å². The lowest BCUT2D eigenvalue weighted by atomic mass is 10.0. The molecule has 1 aromatic carbocycles. The van der Waals surface area contributed by atoms with Gasteiger partial charge in [-0.15, -0.1) is 0 Å². The summed E-state index contributed by atoms with van der Waals surface area (Å²) in [4.78, 5) is 10.7. The summed E-state index contributed by atoms with van der Waals surface area (Å²) >= 11 is 0. The molecule has 0 bridgehead atoms. The summed E-state index contributed by atoms with van der Waals surface area (Å²) in [5.41, 5.74) is 2.17. The second-order valence-electron chi connectivity index (χ2n) is 4.62. The highest BCUT2D eigenvalue weighted by Crippen LogP contribution is 2.13. The number of ether oxygens (including phenoxy) is 1. The molecule has 0 aliphatic rings. The SMILES string of the molecule is Cc1ccc(COC(C)C(O)C(C)C(=O)O)cc1. The third-order valence-corrected chi connectivity index (χ3v) is 3.02. The van der Waals surface area contributed by atoms with E-state index in [-0.39, 0.29) is 0 Å². The zero-order valence-electron chi connectivity index (χ0n) is 11.0. The molecule has 3 unspecified atom stereocenters. The first-order valence-corrected chi connectivity index (χ1v) is 6.00. The van der Waals surface area contributed by atoms with E-state index in [2.05, 4.69) is 0 Å². The number of benzene rings is 1. The highest BCUT2D eigenvalue weighted by molar-refractivity contribution is 5.70. The van der Waals surface area contributed by atoms with Gasteiger partial charge in [0.15, 0.2) is 0 Å². The second kappa shape index (κ2) is 6.52. The van der Waals surface area contributed by atoms with Crippen LogP contribution in [-0.2, 0) is 16.1 Å². The van der Waals surface area contributed by atoms with Crippen molar-refractivity contribution >= 4 is 5.97 Å². The highest BCUT2D eigenvalue weighted by Gasteiger charge is 2.27. The quantitative estimate of drug-likeness (QED) is 0.812. The maximum absolute atomic E-state index is 10.7. The van der Waals surface area contributed by atoms with Crippen LogP contribution in [-0.4, -0.2) is 28.4 Å². The monoisotopic (exact) mass is 252 g/mol. The number of hydrogen-bond donors (Lipinski definition) is 2. The molecule has 0 aliphatic heterocycles. The Labute approximate surface area is 107 Å². The molecule has 0 radical (unpaired) electrons. The molecule has 100 valence electrons. The average molecular weight is 252 g/mol. The summed E-state index contributed by atoms with van der Waals surface area (Å²) in [7, 11) is 0. The first kappa shape index (κ1) is 14.7. The number of carboxylic acid groups (broad SMARTS) is 1. The molecule has 18 heavy (non-hydrogen) atoms. The Morgan fingerprint density at radius 3 is 2.33 bits per heavy atom. The third kappa shape index (κ3) is 4.13. The van der Waals surface area contributed by atoms with Crippen LogP contribution in [0.3, 0.4) is 0 Å². The van der Waals surface area contributed by atoms with Crippen LogP contribution in [0, 0.1) is 12.8 Å². The zero-order valence-corrected chi connectivity index (χ0v) is 11.0. The van der Waals surface area contributed by atoms with Gasteiger partial charge in [-0.25, -0.2) is 0 Å². The molecular formula is C14H20O4. The van der Waals surface area contributed by atoms with Crippen LogP contribution >= 0.6 is 0 Å². The van der Waals surface area contributed by atoms with Crippen molar-refractivity contribution in [3.05, 3.63) is 35.4 Å². The first-order valence-electron chi connectivity index (χ1n) is 6.00. The Bertz CT molecular complexity index is 385. The topological polar surface area (TPSA) is 66.8 Å². The molecule has 1 rings (SSSR count). The fourth-order valence-corrected chi connectivity index (χ4v) is 1.56. The lowest BCUT2D eigenvalue weighted by Crippen LogP contribution is -2.36. The van der Waals surface area contributed by atoms with E-state index in [9.17, 15) is 9.90 Å². The van der Waals surface area contributed by atoms with Crippen molar-refractivity contribution in [2.75, 3.05) is 0 Å². The number of aliphatic hydroxyl groups excluding tert-OH is 1. The summed E-state index contributed by atoms with van der Waals surface area (Å²) in [6.45, 7) is 5.52. The number of carbonyl (C=O) groups is 1. The minimum atomic E-state index is -1.02. The molecule has 0 saturated heterocycles. The lowest BCUT2D eigenvalue weighted by molar-refractivity contribution is -0.149. The molecule has 1 aromatic rings. The molecular weight excluding hydrogens is 232 g/mol. The number of aryl methyl sites for hydroxylation is 1. The fourth-order valence-electron chi connectivity index (χ4n) is 1.56. The maximum Gasteiger partial charge on any atom is 0.308 e. The van der Waals surface area contributed by atoms with E-state index in [1.165, 1.54) is 12.5 Å². The average Bonchev–Trinajstić information content (AvgIpc) is 2.35. The summed E-state index contributed by atoms with van der Waals surface area (Å²) < 4.78 is 5.49. The van der Waals surface area contributed by atoms with E-state index in [1.807, 2.05) is 31.2 Å². The molecule has 4 nitrogen and oxygen atoms in total. The van der Waals surface area contributed by atoms with E-state index in [1.54, 1.807) is 6.92 Å². The predicted molar refractivity (Wildman–Crippen MR) is 68.2 cm³/mol. The van der Waals surface area contributed by atoms with Crippen molar-refractivity contribution in [3.8, 4) is 0 Å². The van der Waals surface area contributed by atoms with Crippen LogP contribution in [0.2, 0.25) is 0 Å². The Hall–Kier alpha value is -1.39. The smallest absolute Gasteiger partial charge is 0.308 e. The van der Waals surface area contributed by atoms with E-state index in [0.717, 1.165) is 5.56 Å². The Morgan fingerprint density at radius 2 is 1.83 bits per heavy atom. The van der Waals surface area contributed by atoms with E-state index < -0.39 is 24.1 Å². The number of carboxylic acids is 1. The second-order valence-corrected chi connectivity index (χ2v) is 4.62. The van der Waals surface area contributed by atoms with Gasteiger partial charge in [0.25, 0.3) is 0 Å². The summed E-state index contributed by atoms with van der Waals surface area (Å²) in [5, 5.41) is 18.6. The largest absolute Gasteiger partial charge is 0.481 e. The van der Waals surface area contributed by atoms with Crippen molar-refractivity contribution in [3.63, 3.8) is 0 Å². The molecule has 0 aliphatic carbocycles. The maximum atomic E-state index is 10.7. The third-order valence-electron chi connectivity index (χ3n) is 3.02. The number of hydrogen-bond acceptors (Lipinski definition) is 3. The predicted octanol–water partition coefficient (Wildman–Crippen LogP) is 1.98. The van der Waals surface area contributed by atoms with Crippen molar-refractivity contribution in [2.24, 2.45) is 5.92 Å². The van der Waals surface area contributed by atoms with Gasteiger partial charge >= 0.3 is 5.97 Å². The minimum Gasteiger partial charge on any atom is -0.481 e. The van der Waals surface area contributed by atoms with Crippen LogP contribution in [0.25, 0.3) is 0 Å². The van der Waals surface area contributed by atoms with Gasteiger partial charge in [0, 0.05) is 0 Å². The number of aliphatic hydroxyl groups is 1. The minimum absolute atomic E-state index is 0.366. The van der Waals surface area contributed by atoms with Crippen LogP contribution in [0.4, 0.5) is 0 Å². The molecule has 0 heterocycles. The fraction of sp³-hybridized carbons (Fsp3) is 0.500. The molecule has 0 saturated carbocycles. The molecule has 3 atom stereocenters. The van der Waals surface area contributed by atoms with Crippen molar-refractivity contribution < 1.29 is 19.7 Å². The molecule has 0 fully saturated rings. The van der Waals surface area contributed by atoms with Gasteiger partial charge in [-0.05, 0) is 26.3 Å². The Kier molecular flexibility index (Phi) is 5.31. The van der Waals surface area contributed by atoms with Crippen molar-refractivity contribution in [1.29, 1.82) is 0 Å². The van der Waals surface area contributed by atoms with Crippen molar-refractivity contribution in [1.82, 2.24) is 0 Å². The summed E-state index contributed by atoms with van der Waals surface area (Å²) in [6.07, 6.45) is -1.52. The van der Waals surface area contributed by atoms with Gasteiger partial charge in [0.05, 0.1) is 24.7 Å². The van der Waals surface area contributed by atoms with Crippen LogP contribution in [0.1, 0.15) is 25.0 Å². The summed E-state index contributed by atoms with van der Waals surface area (Å²) in [5.74, 6) is -1.86. The molecule has 0 amide bonds. The Morgan fingerprint density at radius 1 is 1.28 bits per heavy atom. The standard InChI is InChI=1S/C14H20O4/c1-9-4-6-12(7-5-9)8-18-11(3)13(15)10(2)14(16)17/h4-7,10-11,13,15H,8H2,1-3H3,(H,16,17). The molecule has 0 aromatic heterocycles. The van der Waals surface area contributed by atoms with Gasteiger partial charge in [-0.3, -0.25) is 4.79 Å². The molecule has 0 spiro atoms. The normalized spacial score (nSPS) is 16.0. The molecule has 4 heteroatoms. The van der Waals surface area contributed by atoms with Gasteiger partial charge < -0.3 is 14.9 Å². The highest BCUT2D eigenvalue weighted by atomic mass is 16.5. The summed E-state index contributed by atoms with van der Waals surface area (Å²) in [6, 6.07) is 7.88.